The number of hydrogen-bond donors (Lipinski definition) is 1. The van der Waals surface area contributed by atoms with Crippen molar-refractivity contribution >= 4 is 5.97 Å². The highest BCUT2D eigenvalue weighted by atomic mass is 16.7. The van der Waals surface area contributed by atoms with Gasteiger partial charge < -0.3 is 14.6 Å². The summed E-state index contributed by atoms with van der Waals surface area (Å²) in [6.07, 6.45) is 4.36. The van der Waals surface area contributed by atoms with E-state index in [1.54, 1.807) is 6.08 Å². The molecule has 0 amide bonds. The van der Waals surface area contributed by atoms with Gasteiger partial charge in [0, 0.05) is 6.42 Å². The standard InChI is InChI=1S/C12H20O4/c1-3-5-10(11(13)14)6-4-7-12(2)15-8-9-16-12/h3,10H,1,4-9H2,2H3,(H,13,14)/t10-/m0/s1. The van der Waals surface area contributed by atoms with Gasteiger partial charge >= 0.3 is 5.97 Å². The Hall–Kier alpha value is -0.870. The average molecular weight is 228 g/mol. The van der Waals surface area contributed by atoms with Gasteiger partial charge in [-0.2, -0.15) is 0 Å². The van der Waals surface area contributed by atoms with Gasteiger partial charge in [0.2, 0.25) is 0 Å². The molecule has 1 heterocycles. The minimum absolute atomic E-state index is 0.331. The summed E-state index contributed by atoms with van der Waals surface area (Å²) < 4.78 is 10.9. The minimum atomic E-state index is -0.752. The molecule has 0 unspecified atom stereocenters. The molecule has 0 aromatic rings. The maximum atomic E-state index is 10.9. The van der Waals surface area contributed by atoms with Crippen molar-refractivity contribution in [3.05, 3.63) is 12.7 Å². The van der Waals surface area contributed by atoms with E-state index in [-0.39, 0.29) is 5.92 Å². The Bertz CT molecular complexity index is 243. The first kappa shape index (κ1) is 13.2. The first-order chi connectivity index (χ1) is 7.57. The molecule has 4 heteroatoms. The Labute approximate surface area is 96.2 Å². The fourth-order valence-corrected chi connectivity index (χ4v) is 1.91. The van der Waals surface area contributed by atoms with E-state index in [1.807, 2.05) is 6.92 Å². The van der Waals surface area contributed by atoms with Crippen LogP contribution in [0.2, 0.25) is 0 Å². The van der Waals surface area contributed by atoms with Gasteiger partial charge in [0.25, 0.3) is 0 Å². The Kier molecular flexibility index (Phi) is 4.96. The molecule has 92 valence electrons. The number of aliphatic carboxylic acids is 1. The van der Waals surface area contributed by atoms with Gasteiger partial charge in [0.15, 0.2) is 5.79 Å². The van der Waals surface area contributed by atoms with Crippen LogP contribution in [0.5, 0.6) is 0 Å². The van der Waals surface area contributed by atoms with Crippen LogP contribution in [0.25, 0.3) is 0 Å². The van der Waals surface area contributed by atoms with Crippen LogP contribution >= 0.6 is 0 Å². The molecule has 16 heavy (non-hydrogen) atoms. The number of rotatable bonds is 7. The molecule has 1 atom stereocenters. The lowest BCUT2D eigenvalue weighted by Gasteiger charge is -2.22. The Morgan fingerprint density at radius 3 is 2.69 bits per heavy atom. The molecule has 0 aliphatic carbocycles. The Morgan fingerprint density at radius 2 is 2.19 bits per heavy atom. The second kappa shape index (κ2) is 6.01. The first-order valence-electron chi connectivity index (χ1n) is 5.69. The van der Waals surface area contributed by atoms with Gasteiger partial charge in [0.1, 0.15) is 0 Å². The van der Waals surface area contributed by atoms with Crippen molar-refractivity contribution in [3.63, 3.8) is 0 Å². The van der Waals surface area contributed by atoms with Crippen molar-refractivity contribution in [2.24, 2.45) is 5.92 Å². The van der Waals surface area contributed by atoms with E-state index in [2.05, 4.69) is 6.58 Å². The molecule has 1 rings (SSSR count). The monoisotopic (exact) mass is 228 g/mol. The molecule has 0 aromatic heterocycles. The van der Waals surface area contributed by atoms with E-state index in [1.165, 1.54) is 0 Å². The number of carboxylic acids is 1. The highest BCUT2D eigenvalue weighted by Crippen LogP contribution is 2.26. The van der Waals surface area contributed by atoms with E-state index >= 15 is 0 Å². The van der Waals surface area contributed by atoms with Crippen LogP contribution in [0.1, 0.15) is 32.6 Å². The van der Waals surface area contributed by atoms with E-state index < -0.39 is 11.8 Å². The lowest BCUT2D eigenvalue weighted by atomic mass is 9.97. The number of carboxylic acid groups (broad SMARTS) is 1. The van der Waals surface area contributed by atoms with Crippen molar-refractivity contribution in [1.29, 1.82) is 0 Å². The molecule has 0 aromatic carbocycles. The summed E-state index contributed by atoms with van der Waals surface area (Å²) in [4.78, 5) is 10.9. The molecule has 1 aliphatic rings. The quantitative estimate of drug-likeness (QED) is 0.679. The molecule has 0 radical (unpaired) electrons. The van der Waals surface area contributed by atoms with Crippen molar-refractivity contribution in [2.75, 3.05) is 13.2 Å². The normalized spacial score (nSPS) is 20.6. The number of allylic oxidation sites excluding steroid dienone is 1. The second-order valence-corrected chi connectivity index (χ2v) is 4.28. The maximum Gasteiger partial charge on any atom is 0.306 e. The van der Waals surface area contributed by atoms with Crippen molar-refractivity contribution in [2.45, 2.75) is 38.4 Å². The molecule has 1 N–H and O–H groups in total. The van der Waals surface area contributed by atoms with Crippen LogP contribution in [0.15, 0.2) is 12.7 Å². The topological polar surface area (TPSA) is 55.8 Å². The zero-order chi connectivity index (χ0) is 12.0. The Morgan fingerprint density at radius 1 is 1.56 bits per heavy atom. The van der Waals surface area contributed by atoms with Crippen molar-refractivity contribution in [3.8, 4) is 0 Å². The van der Waals surface area contributed by atoms with Gasteiger partial charge in [-0.3, -0.25) is 4.79 Å². The molecule has 1 saturated heterocycles. The summed E-state index contributed by atoms with van der Waals surface area (Å²) in [6, 6.07) is 0. The molecule has 4 nitrogen and oxygen atoms in total. The smallest absolute Gasteiger partial charge is 0.306 e. The minimum Gasteiger partial charge on any atom is -0.481 e. The summed E-state index contributed by atoms with van der Waals surface area (Å²) in [5.41, 5.74) is 0. The SMILES string of the molecule is C=CC[C@@H](CCCC1(C)OCCO1)C(=O)O. The van der Waals surface area contributed by atoms with E-state index in [4.69, 9.17) is 14.6 Å². The third-order valence-electron chi connectivity index (χ3n) is 2.88. The lowest BCUT2D eigenvalue weighted by molar-refractivity contribution is -0.150. The average Bonchev–Trinajstić information content (AvgIpc) is 2.64. The summed E-state index contributed by atoms with van der Waals surface area (Å²) in [7, 11) is 0. The van der Waals surface area contributed by atoms with E-state index in [0.717, 1.165) is 12.8 Å². The summed E-state index contributed by atoms with van der Waals surface area (Å²) >= 11 is 0. The van der Waals surface area contributed by atoms with Crippen LogP contribution < -0.4 is 0 Å². The summed E-state index contributed by atoms with van der Waals surface area (Å²) in [5, 5.41) is 8.95. The third kappa shape index (κ3) is 3.94. The second-order valence-electron chi connectivity index (χ2n) is 4.28. The maximum absolute atomic E-state index is 10.9. The predicted octanol–water partition coefficient (Wildman–Crippen LogP) is 2.20. The largest absolute Gasteiger partial charge is 0.481 e. The van der Waals surface area contributed by atoms with Crippen LogP contribution in [0, 0.1) is 5.92 Å². The van der Waals surface area contributed by atoms with E-state index in [0.29, 0.717) is 26.1 Å². The highest BCUT2D eigenvalue weighted by Gasteiger charge is 2.30. The van der Waals surface area contributed by atoms with Gasteiger partial charge in [0.05, 0.1) is 19.1 Å². The van der Waals surface area contributed by atoms with Crippen molar-refractivity contribution in [1.82, 2.24) is 0 Å². The zero-order valence-electron chi connectivity index (χ0n) is 9.78. The Balaban J connectivity index is 2.27. The molecule has 0 saturated carbocycles. The van der Waals surface area contributed by atoms with Crippen LogP contribution in [0.4, 0.5) is 0 Å². The fourth-order valence-electron chi connectivity index (χ4n) is 1.91. The number of carbonyl (C=O) groups is 1. The van der Waals surface area contributed by atoms with Gasteiger partial charge in [-0.15, -0.1) is 6.58 Å². The lowest BCUT2D eigenvalue weighted by Crippen LogP contribution is -2.25. The van der Waals surface area contributed by atoms with E-state index in [9.17, 15) is 4.79 Å². The van der Waals surface area contributed by atoms with Crippen LogP contribution in [0.3, 0.4) is 0 Å². The number of hydrogen-bond acceptors (Lipinski definition) is 3. The van der Waals surface area contributed by atoms with Gasteiger partial charge in [-0.05, 0) is 26.2 Å². The zero-order valence-corrected chi connectivity index (χ0v) is 9.78. The predicted molar refractivity (Wildman–Crippen MR) is 60.1 cm³/mol. The highest BCUT2D eigenvalue weighted by molar-refractivity contribution is 5.70. The molecular formula is C12H20O4. The molecule has 1 aliphatic heterocycles. The van der Waals surface area contributed by atoms with Gasteiger partial charge in [-0.25, -0.2) is 0 Å². The van der Waals surface area contributed by atoms with Gasteiger partial charge in [-0.1, -0.05) is 6.08 Å². The van der Waals surface area contributed by atoms with Crippen molar-refractivity contribution < 1.29 is 19.4 Å². The molecule has 1 fully saturated rings. The first-order valence-corrected chi connectivity index (χ1v) is 5.69. The third-order valence-corrected chi connectivity index (χ3v) is 2.88. The summed E-state index contributed by atoms with van der Waals surface area (Å²) in [6.45, 7) is 6.74. The molecule has 0 spiro atoms. The summed E-state index contributed by atoms with van der Waals surface area (Å²) in [5.74, 6) is -1.59. The molecular weight excluding hydrogens is 208 g/mol. The van der Waals surface area contributed by atoms with Crippen LogP contribution in [-0.2, 0) is 14.3 Å². The number of ether oxygens (including phenoxy) is 2. The van der Waals surface area contributed by atoms with Crippen LogP contribution in [-0.4, -0.2) is 30.1 Å². The molecule has 0 bridgehead atoms. The fraction of sp³-hybridized carbons (Fsp3) is 0.750.